The highest BCUT2D eigenvalue weighted by Crippen LogP contribution is 2.62. The van der Waals surface area contributed by atoms with Crippen LogP contribution in [0.1, 0.15) is 271 Å². The zero-order chi connectivity index (χ0) is 69.1. The van der Waals surface area contributed by atoms with Crippen molar-refractivity contribution in [3.63, 3.8) is 0 Å². The van der Waals surface area contributed by atoms with Crippen molar-refractivity contribution in [3.8, 4) is 56.6 Å². The van der Waals surface area contributed by atoms with Gasteiger partial charge in [-0.25, -0.2) is 37.8 Å². The van der Waals surface area contributed by atoms with Gasteiger partial charge in [-0.15, -0.1) is 22.7 Å². The minimum atomic E-state index is -1.17. The van der Waals surface area contributed by atoms with Gasteiger partial charge in [0.15, 0.2) is 34.8 Å². The Balaban J connectivity index is 1.05. The number of halogens is 4. The number of nitriles is 2. The molecule has 5 aromatic carbocycles. The van der Waals surface area contributed by atoms with Crippen LogP contribution in [0.25, 0.3) is 77.5 Å². The summed E-state index contributed by atoms with van der Waals surface area (Å²) < 4.78 is 59.0. The zero-order valence-corrected chi connectivity index (χ0v) is 58.8. The molecule has 4 aliphatic carbocycles. The lowest BCUT2D eigenvalue weighted by atomic mass is 9.68. The number of carbonyl (C=O) groups is 2. The molecule has 0 radical (unpaired) electrons. The van der Waals surface area contributed by atoms with E-state index in [0.29, 0.717) is 9.75 Å². The second-order valence-electron chi connectivity index (χ2n) is 27.5. The van der Waals surface area contributed by atoms with Gasteiger partial charge in [-0.2, -0.15) is 0 Å². The average Bonchev–Trinajstić information content (AvgIpc) is 1.53. The highest BCUT2D eigenvalue weighted by atomic mass is 32.1. The number of rotatable bonds is 32. The highest BCUT2D eigenvalue weighted by Gasteiger charge is 2.48. The summed E-state index contributed by atoms with van der Waals surface area (Å²) in [5, 5.41) is 24.3. The summed E-state index contributed by atoms with van der Waals surface area (Å²) in [5.41, 5.74) is 13.4. The van der Waals surface area contributed by atoms with Crippen LogP contribution in [-0.4, -0.2) is 11.6 Å². The zero-order valence-electron chi connectivity index (χ0n) is 57.1. The van der Waals surface area contributed by atoms with Crippen molar-refractivity contribution in [2.75, 3.05) is 0 Å². The third-order valence-corrected chi connectivity index (χ3v) is 23.0. The normalized spacial score (nSPS) is 16.1. The third-order valence-electron chi connectivity index (χ3n) is 21.2. The van der Waals surface area contributed by atoms with Crippen LogP contribution in [0.4, 0.5) is 17.6 Å². The van der Waals surface area contributed by atoms with E-state index < -0.39 is 34.8 Å². The molecule has 0 saturated heterocycles. The maximum Gasteiger partial charge on any atom is 0.270 e. The lowest BCUT2D eigenvalue weighted by Crippen LogP contribution is -2.27. The van der Waals surface area contributed by atoms with Gasteiger partial charge >= 0.3 is 0 Å². The van der Waals surface area contributed by atoms with Gasteiger partial charge in [0, 0.05) is 54.0 Å². The number of unbranched alkanes of at least 4 members (excludes halogenated alkanes) is 20. The van der Waals surface area contributed by atoms with Gasteiger partial charge in [0.1, 0.15) is 0 Å². The first-order valence-corrected chi connectivity index (χ1v) is 37.7. The van der Waals surface area contributed by atoms with E-state index in [1.807, 2.05) is 24.3 Å². The molecule has 98 heavy (non-hydrogen) atoms. The number of nitrogens with zero attached hydrogens (tertiary/aromatic N) is 4. The second kappa shape index (κ2) is 32.0. The SMILES string of the molecule is [C-]#[N+]/C(C#N)=C1\C(=C\c2cc(-c3ccc4c(c3)C(CCCCCCCC)(CCCCCCCC)c3cc5c(cc3-4)C(CCCCCCCC)(CCCCCCCC)c3cc(-c4csc(/C=C6\C(=O)c7cc(F)c(F)cc7\C6=C(\C#N)[N+]#[C-])c4)ccc3-5)cs2)C(=O)c2cc(F)c(F)cc21. The first-order valence-electron chi connectivity index (χ1n) is 36.0. The van der Waals surface area contributed by atoms with Crippen LogP contribution >= 0.6 is 22.7 Å². The molecule has 2 aromatic heterocycles. The van der Waals surface area contributed by atoms with Gasteiger partial charge in [-0.3, -0.25) is 9.59 Å². The monoisotopic (exact) mass is 1350 g/mol. The van der Waals surface area contributed by atoms with E-state index in [1.54, 1.807) is 12.2 Å². The quantitative estimate of drug-likeness (QED) is 0.0138. The molecule has 0 fully saturated rings. The van der Waals surface area contributed by atoms with Crippen LogP contribution in [-0.2, 0) is 10.8 Å². The number of allylic oxidation sites excluding steroid dienone is 6. The summed E-state index contributed by atoms with van der Waals surface area (Å²) in [6.07, 6.45) is 35.4. The molecule has 12 heteroatoms. The van der Waals surface area contributed by atoms with Crippen molar-refractivity contribution in [1.29, 1.82) is 10.5 Å². The van der Waals surface area contributed by atoms with Crippen molar-refractivity contribution in [2.45, 2.75) is 218 Å². The van der Waals surface area contributed by atoms with E-state index in [0.717, 1.165) is 124 Å². The minimum Gasteiger partial charge on any atom is -0.289 e. The Bertz CT molecular complexity index is 4170. The second-order valence-corrected chi connectivity index (χ2v) is 29.4. The fourth-order valence-corrected chi connectivity index (χ4v) is 17.9. The first kappa shape index (κ1) is 70.8. The summed E-state index contributed by atoms with van der Waals surface area (Å²) in [6, 6.07) is 30.8. The number of fused-ring (bicyclic) bond motifs is 8. The van der Waals surface area contributed by atoms with E-state index >= 15 is 0 Å². The maximum atomic E-state index is 14.8. The van der Waals surface area contributed by atoms with Crippen molar-refractivity contribution in [3.05, 3.63) is 219 Å². The Morgan fingerprint density at radius 2 is 0.704 bits per heavy atom. The van der Waals surface area contributed by atoms with Crippen LogP contribution in [0, 0.1) is 59.1 Å². The smallest absolute Gasteiger partial charge is 0.270 e. The largest absolute Gasteiger partial charge is 0.289 e. The number of ketones is 2. The number of hydrogen-bond acceptors (Lipinski definition) is 6. The Morgan fingerprint density at radius 3 is 1.02 bits per heavy atom. The number of Topliss-reactive ketones (excluding diaryl/α,β-unsaturated/α-hetero) is 2. The molecule has 0 saturated carbocycles. The van der Waals surface area contributed by atoms with E-state index in [9.17, 15) is 37.7 Å². The van der Waals surface area contributed by atoms with E-state index in [4.69, 9.17) is 13.1 Å². The molecule has 0 atom stereocenters. The van der Waals surface area contributed by atoms with Gasteiger partial charge in [-0.1, -0.05) is 206 Å². The maximum absolute atomic E-state index is 14.8. The molecule has 0 bridgehead atoms. The van der Waals surface area contributed by atoms with Crippen LogP contribution in [0.2, 0.25) is 0 Å². The predicted molar refractivity (Wildman–Crippen MR) is 393 cm³/mol. The lowest BCUT2D eigenvalue weighted by Gasteiger charge is -2.35. The van der Waals surface area contributed by atoms with Crippen LogP contribution in [0.15, 0.2) is 118 Å². The van der Waals surface area contributed by atoms with Crippen molar-refractivity contribution >= 4 is 57.5 Å². The van der Waals surface area contributed by atoms with Gasteiger partial charge in [0.2, 0.25) is 0 Å². The number of thiophene rings is 2. The van der Waals surface area contributed by atoms with Crippen molar-refractivity contribution < 1.29 is 27.2 Å². The topological polar surface area (TPSA) is 90.4 Å². The Kier molecular flexibility index (Phi) is 23.1. The summed E-state index contributed by atoms with van der Waals surface area (Å²) in [7, 11) is 0. The standard InChI is InChI=1S/C86H86F4N4O2S2/c1-7-11-15-19-23-27-35-85(36-28-24-20-16-12-8-2)71-41-55(57-39-59(97-53-57)43-69-81(79(51-91)93-5)65-47-75(87)77(89)49-67(65)83(69)95)31-33-61(71)63-46-74-64(45-73(63)85)62-34-32-56(42-72(62)86(74,37-29-25-21-17-13-9-3)38-30-26-22-18-14-10-4)58-40-60(98-54-58)44-70-82(80(52-92)94-6)66-48-76(88)78(90)50-68(66)84(70)96/h31-34,39-50,53-54H,7-30,35-38H2,1-4H3/b69-43-,70-44-,81-79-,82-80+. The molecule has 502 valence electrons. The molecule has 0 N–H and O–H groups in total. The molecule has 11 rings (SSSR count). The lowest BCUT2D eigenvalue weighted by molar-refractivity contribution is 0.103. The molecular weight excluding hydrogens is 1260 g/mol. The summed E-state index contributed by atoms with van der Waals surface area (Å²) in [6.45, 7) is 24.7. The Labute approximate surface area is 585 Å². The summed E-state index contributed by atoms with van der Waals surface area (Å²) in [4.78, 5) is 36.4. The Morgan fingerprint density at radius 1 is 0.398 bits per heavy atom. The number of benzene rings is 5. The number of carbonyl (C=O) groups excluding carboxylic acids is 2. The molecule has 6 nitrogen and oxygen atoms in total. The molecule has 0 amide bonds. The Hall–Kier alpha value is -8.52. The molecular formula is C86H86F4N4O2S2. The molecule has 0 spiro atoms. The van der Waals surface area contributed by atoms with Crippen molar-refractivity contribution in [1.82, 2.24) is 0 Å². The number of hydrogen-bond donors (Lipinski definition) is 0. The van der Waals surface area contributed by atoms with Crippen molar-refractivity contribution in [2.24, 2.45) is 0 Å². The van der Waals surface area contributed by atoms with Crippen LogP contribution in [0.3, 0.4) is 0 Å². The molecule has 0 aliphatic heterocycles. The van der Waals surface area contributed by atoms with Gasteiger partial charge in [0.05, 0.1) is 25.3 Å². The van der Waals surface area contributed by atoms with E-state index in [1.165, 1.54) is 170 Å². The van der Waals surface area contributed by atoms with Gasteiger partial charge in [-0.05, 0) is 187 Å². The van der Waals surface area contributed by atoms with E-state index in [2.05, 4.69) is 96.7 Å². The molecule has 7 aromatic rings. The van der Waals surface area contributed by atoms with E-state index in [-0.39, 0.29) is 66.8 Å². The fraction of sp³-hybridized carbons (Fsp3) is 0.395. The van der Waals surface area contributed by atoms with Crippen LogP contribution in [0.5, 0.6) is 0 Å². The summed E-state index contributed by atoms with van der Waals surface area (Å²) >= 11 is 2.88. The highest BCUT2D eigenvalue weighted by molar-refractivity contribution is 7.11. The van der Waals surface area contributed by atoms with Crippen LogP contribution < -0.4 is 0 Å². The first-order chi connectivity index (χ1) is 47.7. The van der Waals surface area contributed by atoms with Gasteiger partial charge in [0.25, 0.3) is 11.4 Å². The molecule has 2 heterocycles. The summed E-state index contributed by atoms with van der Waals surface area (Å²) in [5.74, 6) is -5.80. The molecule has 4 aliphatic rings. The minimum absolute atomic E-state index is 0.0142. The predicted octanol–water partition coefficient (Wildman–Crippen LogP) is 26.1. The average molecular weight is 1350 g/mol. The third kappa shape index (κ3) is 14.1. The molecule has 0 unspecified atom stereocenters. The fourth-order valence-electron chi connectivity index (χ4n) is 16.2. The van der Waals surface area contributed by atoms with Gasteiger partial charge < -0.3 is 0 Å².